The van der Waals surface area contributed by atoms with Crippen LogP contribution in [0.25, 0.3) is 0 Å². The first-order valence-corrected chi connectivity index (χ1v) is 20.9. The molecule has 4 aliphatic carbocycles. The van der Waals surface area contributed by atoms with Crippen molar-refractivity contribution in [1.82, 2.24) is 0 Å². The molecule has 14 nitrogen and oxygen atoms in total. The van der Waals surface area contributed by atoms with Gasteiger partial charge in [0.15, 0.2) is 12.6 Å². The molecule has 0 spiro atoms. The fraction of sp³-hybridized carbons (Fsp3) is 0.952. The maximum Gasteiger partial charge on any atom is 0.187 e. The topological polar surface area (TPSA) is 239 Å². The van der Waals surface area contributed by atoms with Crippen molar-refractivity contribution in [3.63, 3.8) is 0 Å². The lowest BCUT2D eigenvalue weighted by atomic mass is 9.35. The molecule has 20 atom stereocenters. The van der Waals surface area contributed by atoms with Crippen LogP contribution in [0.5, 0.6) is 0 Å². The second-order valence-electron chi connectivity index (χ2n) is 20.6. The Morgan fingerprint density at radius 3 is 1.88 bits per heavy atom. The number of aliphatic hydroxyl groups is 10. The van der Waals surface area contributed by atoms with Crippen LogP contribution in [0.2, 0.25) is 0 Å². The van der Waals surface area contributed by atoms with E-state index in [1.54, 1.807) is 19.9 Å². The molecule has 2 aliphatic heterocycles. The quantitative estimate of drug-likeness (QED) is 0.110. The van der Waals surface area contributed by atoms with Gasteiger partial charge < -0.3 is 70.0 Å². The van der Waals surface area contributed by atoms with Crippen molar-refractivity contribution in [3.05, 3.63) is 12.2 Å². The molecule has 0 aromatic rings. The lowest BCUT2D eigenvalue weighted by Crippen LogP contribution is -2.68. The minimum atomic E-state index is -1.76. The van der Waals surface area contributed by atoms with Crippen LogP contribution in [-0.2, 0) is 18.9 Å². The molecule has 14 heteroatoms. The molecule has 0 radical (unpaired) electrons. The Hall–Kier alpha value is -0.820. The average molecular weight is 801 g/mol. The zero-order valence-corrected chi connectivity index (χ0v) is 34.6. The predicted octanol–water partition coefficient (Wildman–Crippen LogP) is 1.12. The van der Waals surface area contributed by atoms with E-state index in [-0.39, 0.29) is 39.9 Å². The van der Waals surface area contributed by atoms with E-state index in [4.69, 9.17) is 18.9 Å². The van der Waals surface area contributed by atoms with Gasteiger partial charge in [-0.3, -0.25) is 0 Å². The minimum Gasteiger partial charge on any atom is -0.394 e. The van der Waals surface area contributed by atoms with Gasteiger partial charge in [0.2, 0.25) is 0 Å². The van der Waals surface area contributed by atoms with E-state index in [1.165, 1.54) is 0 Å². The smallest absolute Gasteiger partial charge is 0.187 e. The summed E-state index contributed by atoms with van der Waals surface area (Å²) in [6.45, 7) is 15.4. The Balaban J connectivity index is 1.22. The van der Waals surface area contributed by atoms with Gasteiger partial charge in [0.25, 0.3) is 0 Å². The Morgan fingerprint density at radius 1 is 0.679 bits per heavy atom. The molecule has 10 N–H and O–H groups in total. The summed E-state index contributed by atoms with van der Waals surface area (Å²) in [5, 5.41) is 108. The van der Waals surface area contributed by atoms with Crippen molar-refractivity contribution in [3.8, 4) is 0 Å². The second kappa shape index (κ2) is 15.6. The van der Waals surface area contributed by atoms with Crippen LogP contribution < -0.4 is 0 Å². The van der Waals surface area contributed by atoms with E-state index in [9.17, 15) is 51.1 Å². The van der Waals surface area contributed by atoms with Crippen molar-refractivity contribution in [1.29, 1.82) is 0 Å². The molecule has 0 aromatic carbocycles. The highest BCUT2D eigenvalue weighted by Gasteiger charge is 2.71. The van der Waals surface area contributed by atoms with E-state index < -0.39 is 103 Å². The van der Waals surface area contributed by atoms with Gasteiger partial charge in [-0.15, -0.1) is 0 Å². The molecule has 6 rings (SSSR count). The SMILES string of the molecule is CC(C)(O)/C=C/C[C@@](C)(O)C1CC[C@]2(C)C1[C@H](O)CC1[C@@]3(C)CC[C@H](O[C@@H]4O[C@H](CO)[C@@H](O)[C@H](O)[C@H]4O[C@@H]4O[C@H](CO)[C@@H](O)[C@H](O)[C@H]4O)C(C)(C)C3CC[C@]12C. The third-order valence-corrected chi connectivity index (χ3v) is 16.4. The first-order chi connectivity index (χ1) is 25.9. The van der Waals surface area contributed by atoms with Crippen molar-refractivity contribution < 1.29 is 70.0 Å². The summed E-state index contributed by atoms with van der Waals surface area (Å²) >= 11 is 0. The van der Waals surface area contributed by atoms with E-state index in [2.05, 4.69) is 34.6 Å². The first-order valence-electron chi connectivity index (χ1n) is 20.9. The highest BCUT2D eigenvalue weighted by molar-refractivity contribution is 5.20. The number of ether oxygens (including phenoxy) is 4. The number of hydrogen-bond acceptors (Lipinski definition) is 14. The fourth-order valence-electron chi connectivity index (χ4n) is 13.2. The zero-order valence-electron chi connectivity index (χ0n) is 34.6. The Morgan fingerprint density at radius 2 is 1.27 bits per heavy atom. The second-order valence-corrected chi connectivity index (χ2v) is 20.6. The molecular formula is C42H72O14. The average Bonchev–Trinajstić information content (AvgIpc) is 3.50. The van der Waals surface area contributed by atoms with Gasteiger partial charge in [0.05, 0.1) is 36.6 Å². The fourth-order valence-corrected chi connectivity index (χ4v) is 13.2. The third-order valence-electron chi connectivity index (χ3n) is 16.4. The summed E-state index contributed by atoms with van der Waals surface area (Å²) in [7, 11) is 0. The van der Waals surface area contributed by atoms with Gasteiger partial charge in [-0.05, 0) is 117 Å². The van der Waals surface area contributed by atoms with Crippen molar-refractivity contribution in [2.75, 3.05) is 13.2 Å². The van der Waals surface area contributed by atoms with Crippen LogP contribution in [0.4, 0.5) is 0 Å². The normalized spacial score (nSPS) is 51.9. The predicted molar refractivity (Wildman–Crippen MR) is 202 cm³/mol. The summed E-state index contributed by atoms with van der Waals surface area (Å²) in [5.74, 6) is 0.174. The largest absolute Gasteiger partial charge is 0.394 e. The Labute approximate surface area is 331 Å². The molecule has 324 valence electrons. The third kappa shape index (κ3) is 7.37. The number of rotatable bonds is 10. The molecule has 6 fully saturated rings. The van der Waals surface area contributed by atoms with Crippen LogP contribution >= 0.6 is 0 Å². The lowest BCUT2D eigenvalue weighted by molar-refractivity contribution is -0.378. The Kier molecular flexibility index (Phi) is 12.4. The van der Waals surface area contributed by atoms with Gasteiger partial charge in [0.1, 0.15) is 48.8 Å². The van der Waals surface area contributed by atoms with E-state index in [0.29, 0.717) is 19.3 Å². The monoisotopic (exact) mass is 800 g/mol. The maximum absolute atomic E-state index is 12.2. The van der Waals surface area contributed by atoms with Crippen LogP contribution in [0.15, 0.2) is 12.2 Å². The van der Waals surface area contributed by atoms with Crippen LogP contribution in [0.3, 0.4) is 0 Å². The molecule has 0 aromatic heterocycles. The zero-order chi connectivity index (χ0) is 41.6. The number of hydrogen-bond donors (Lipinski definition) is 10. The van der Waals surface area contributed by atoms with Crippen molar-refractivity contribution in [2.45, 2.75) is 192 Å². The van der Waals surface area contributed by atoms with Gasteiger partial charge in [-0.25, -0.2) is 0 Å². The molecule has 2 saturated heterocycles. The molecule has 4 saturated carbocycles. The van der Waals surface area contributed by atoms with Gasteiger partial charge in [-0.2, -0.15) is 0 Å². The molecule has 56 heavy (non-hydrogen) atoms. The summed E-state index contributed by atoms with van der Waals surface area (Å²) < 4.78 is 24.3. The standard InChI is InChI=1S/C42H72O14/c1-37(2,51)13-9-14-42(8,52)21-10-16-41(7)28(21)22(45)18-26-39(5)15-12-27(38(3,4)25(39)11-17-40(26,41)6)55-36-34(32(49)30(47)24(20-44)54-36)56-35-33(50)31(48)29(46)23(19-43)53-35/h9,13,21-36,43-52H,10-12,14-20H2,1-8H3/b13-9+/t21?,22-,23-,24-,25?,26?,27+,28?,29-,30-,31+,32+,33-,34-,35+,36+,39+,40-,41-,42-/m1/s1. The molecule has 0 amide bonds. The molecular weight excluding hydrogens is 728 g/mol. The molecule has 0 bridgehead atoms. The number of fused-ring (bicyclic) bond motifs is 5. The van der Waals surface area contributed by atoms with Gasteiger partial charge in [-0.1, -0.05) is 46.8 Å². The van der Waals surface area contributed by atoms with Crippen LogP contribution in [-0.4, -0.2) is 149 Å². The van der Waals surface area contributed by atoms with Crippen molar-refractivity contribution >= 4 is 0 Å². The summed E-state index contributed by atoms with van der Waals surface area (Å²) in [4.78, 5) is 0. The van der Waals surface area contributed by atoms with E-state index in [0.717, 1.165) is 32.1 Å². The minimum absolute atomic E-state index is 0.0764. The van der Waals surface area contributed by atoms with Crippen LogP contribution in [0, 0.1) is 45.3 Å². The summed E-state index contributed by atoms with van der Waals surface area (Å²) in [6, 6.07) is 0. The summed E-state index contributed by atoms with van der Waals surface area (Å²) in [6.07, 6.45) is -6.72. The first kappa shape index (κ1) is 44.7. The van der Waals surface area contributed by atoms with Gasteiger partial charge in [0, 0.05) is 0 Å². The highest BCUT2D eigenvalue weighted by atomic mass is 16.8. The lowest BCUT2D eigenvalue weighted by Gasteiger charge is -2.70. The molecule has 4 unspecified atom stereocenters. The molecule has 6 aliphatic rings. The molecule has 2 heterocycles. The summed E-state index contributed by atoms with van der Waals surface area (Å²) in [5.41, 5.74) is -2.97. The van der Waals surface area contributed by atoms with Crippen molar-refractivity contribution in [2.24, 2.45) is 45.3 Å². The maximum atomic E-state index is 12.2. The highest BCUT2D eigenvalue weighted by Crippen LogP contribution is 2.76. The van der Waals surface area contributed by atoms with Gasteiger partial charge >= 0.3 is 0 Å². The number of aliphatic hydroxyl groups excluding tert-OH is 8. The Bertz CT molecular complexity index is 1400. The van der Waals surface area contributed by atoms with E-state index in [1.807, 2.05) is 13.0 Å². The van der Waals surface area contributed by atoms with Crippen LogP contribution in [0.1, 0.15) is 107 Å². The van der Waals surface area contributed by atoms with E-state index >= 15 is 0 Å².